The smallest absolute Gasteiger partial charge is 0.216 e. The number of rotatable bonds is 3. The molecule has 0 aromatic carbocycles. The van der Waals surface area contributed by atoms with E-state index >= 15 is 0 Å². The Hall–Kier alpha value is -0.690. The summed E-state index contributed by atoms with van der Waals surface area (Å²) in [5, 5.41) is 13.1. The first-order valence-electron chi connectivity index (χ1n) is 6.88. The molecule has 1 fully saturated rings. The minimum Gasteiger partial charge on any atom is -0.355 e. The Morgan fingerprint density at radius 1 is 1.00 bits per heavy atom. The number of carbonyl (C=O) groups is 1. The van der Waals surface area contributed by atoms with Crippen LogP contribution < -0.4 is 21.3 Å². The van der Waals surface area contributed by atoms with Gasteiger partial charge in [-0.1, -0.05) is 0 Å². The summed E-state index contributed by atoms with van der Waals surface area (Å²) in [6.45, 7) is 11.3. The van der Waals surface area contributed by atoms with Gasteiger partial charge in [-0.25, -0.2) is 0 Å². The maximum atomic E-state index is 10.8. The zero-order valence-corrected chi connectivity index (χ0v) is 11.4. The lowest BCUT2D eigenvalue weighted by Crippen LogP contribution is -2.44. The first kappa shape index (κ1) is 15.4. The van der Waals surface area contributed by atoms with Gasteiger partial charge in [0, 0.05) is 72.4 Å². The van der Waals surface area contributed by atoms with Crippen molar-refractivity contribution < 1.29 is 4.79 Å². The molecular weight excluding hydrogens is 230 g/mol. The van der Waals surface area contributed by atoms with Crippen LogP contribution in [-0.4, -0.2) is 76.3 Å². The van der Waals surface area contributed by atoms with E-state index in [4.69, 9.17) is 0 Å². The number of hydrogen-bond donors (Lipinski definition) is 4. The molecule has 106 valence electrons. The van der Waals surface area contributed by atoms with Crippen LogP contribution in [-0.2, 0) is 4.79 Å². The van der Waals surface area contributed by atoms with Crippen molar-refractivity contribution in [2.24, 2.45) is 0 Å². The Balaban J connectivity index is 2.20. The van der Waals surface area contributed by atoms with Crippen molar-refractivity contribution in [3.63, 3.8) is 0 Å². The molecule has 0 aromatic heterocycles. The molecule has 18 heavy (non-hydrogen) atoms. The van der Waals surface area contributed by atoms with Gasteiger partial charge in [0.25, 0.3) is 0 Å². The van der Waals surface area contributed by atoms with Crippen molar-refractivity contribution >= 4 is 5.91 Å². The predicted octanol–water partition coefficient (Wildman–Crippen LogP) is -1.79. The van der Waals surface area contributed by atoms with Gasteiger partial charge in [-0.15, -0.1) is 0 Å². The first-order valence-corrected chi connectivity index (χ1v) is 6.88. The van der Waals surface area contributed by atoms with Gasteiger partial charge < -0.3 is 21.3 Å². The van der Waals surface area contributed by atoms with E-state index < -0.39 is 0 Å². The molecule has 0 bridgehead atoms. The second-order valence-electron chi connectivity index (χ2n) is 4.57. The summed E-state index contributed by atoms with van der Waals surface area (Å²) >= 11 is 0. The summed E-state index contributed by atoms with van der Waals surface area (Å²) in [6.07, 6.45) is 0. The molecule has 0 atom stereocenters. The maximum Gasteiger partial charge on any atom is 0.216 e. The van der Waals surface area contributed by atoms with E-state index in [1.54, 1.807) is 6.92 Å². The van der Waals surface area contributed by atoms with E-state index in [1.807, 2.05) is 0 Å². The maximum absolute atomic E-state index is 10.8. The fraction of sp³-hybridized carbons (Fsp3) is 0.917. The summed E-state index contributed by atoms with van der Waals surface area (Å²) in [5.74, 6) is 0.0479. The van der Waals surface area contributed by atoms with Crippen molar-refractivity contribution in [2.45, 2.75) is 6.92 Å². The van der Waals surface area contributed by atoms with Gasteiger partial charge in [-0.3, -0.25) is 9.69 Å². The molecule has 0 unspecified atom stereocenters. The van der Waals surface area contributed by atoms with Gasteiger partial charge in [-0.2, -0.15) is 0 Å². The average Bonchev–Trinajstić information content (AvgIpc) is 2.31. The summed E-state index contributed by atoms with van der Waals surface area (Å²) in [4.78, 5) is 13.2. The molecule has 4 N–H and O–H groups in total. The molecule has 6 heteroatoms. The van der Waals surface area contributed by atoms with Crippen LogP contribution >= 0.6 is 0 Å². The number of nitrogens with zero attached hydrogens (tertiary/aromatic N) is 1. The van der Waals surface area contributed by atoms with Crippen LogP contribution in [0.1, 0.15) is 6.92 Å². The highest BCUT2D eigenvalue weighted by molar-refractivity contribution is 5.72. The molecular formula is C12H27N5O. The van der Waals surface area contributed by atoms with E-state index in [1.165, 1.54) is 0 Å². The lowest BCUT2D eigenvalue weighted by molar-refractivity contribution is -0.119. The van der Waals surface area contributed by atoms with Crippen molar-refractivity contribution in [3.05, 3.63) is 0 Å². The molecule has 6 nitrogen and oxygen atoms in total. The number of nitrogens with one attached hydrogen (secondary N) is 4. The molecule has 1 amide bonds. The molecule has 0 spiro atoms. The fourth-order valence-corrected chi connectivity index (χ4v) is 1.93. The molecule has 0 saturated carbocycles. The van der Waals surface area contributed by atoms with E-state index in [9.17, 15) is 4.79 Å². The van der Waals surface area contributed by atoms with Gasteiger partial charge in [0.15, 0.2) is 0 Å². The highest BCUT2D eigenvalue weighted by Crippen LogP contribution is 1.86. The largest absolute Gasteiger partial charge is 0.355 e. The van der Waals surface area contributed by atoms with Crippen LogP contribution in [0.5, 0.6) is 0 Å². The van der Waals surface area contributed by atoms with Crippen molar-refractivity contribution in [3.8, 4) is 0 Å². The number of amides is 1. The van der Waals surface area contributed by atoms with Gasteiger partial charge in [0.2, 0.25) is 5.91 Å². The highest BCUT2D eigenvalue weighted by atomic mass is 16.1. The number of hydrogen-bond acceptors (Lipinski definition) is 5. The zero-order valence-electron chi connectivity index (χ0n) is 11.4. The van der Waals surface area contributed by atoms with Crippen LogP contribution in [0.25, 0.3) is 0 Å². The zero-order chi connectivity index (χ0) is 13.1. The van der Waals surface area contributed by atoms with Crippen LogP contribution in [0.2, 0.25) is 0 Å². The molecule has 0 aliphatic carbocycles. The third-order valence-corrected chi connectivity index (χ3v) is 2.97. The molecule has 1 saturated heterocycles. The monoisotopic (exact) mass is 257 g/mol. The van der Waals surface area contributed by atoms with Crippen molar-refractivity contribution in [1.82, 2.24) is 26.2 Å². The Kier molecular flexibility index (Phi) is 8.75. The topological polar surface area (TPSA) is 68.4 Å². The highest BCUT2D eigenvalue weighted by Gasteiger charge is 2.05. The molecule has 1 aliphatic heterocycles. The van der Waals surface area contributed by atoms with Gasteiger partial charge in [0.05, 0.1) is 0 Å². The second-order valence-corrected chi connectivity index (χ2v) is 4.57. The Bertz CT molecular complexity index is 213. The van der Waals surface area contributed by atoms with E-state index in [0.29, 0.717) is 0 Å². The Morgan fingerprint density at radius 3 is 2.00 bits per heavy atom. The summed E-state index contributed by atoms with van der Waals surface area (Å²) in [7, 11) is 0. The normalized spacial score (nSPS) is 20.7. The Labute approximate surface area is 110 Å². The lowest BCUT2D eigenvalue weighted by Gasteiger charge is -2.23. The van der Waals surface area contributed by atoms with E-state index in [0.717, 1.165) is 65.4 Å². The van der Waals surface area contributed by atoms with Gasteiger partial charge >= 0.3 is 0 Å². The standard InChI is InChI=1S/C12H27N5O/c1-12(18)16-8-11-17-9-6-14-4-2-13-3-5-15-7-10-17/h13-15H,2-11H2,1H3,(H,16,18). The third-order valence-electron chi connectivity index (χ3n) is 2.97. The Morgan fingerprint density at radius 2 is 1.50 bits per heavy atom. The molecule has 1 rings (SSSR count). The van der Waals surface area contributed by atoms with Crippen molar-refractivity contribution in [2.75, 3.05) is 65.4 Å². The molecule has 0 aromatic rings. The average molecular weight is 257 g/mol. The minimum atomic E-state index is 0.0479. The second kappa shape index (κ2) is 10.3. The van der Waals surface area contributed by atoms with Crippen LogP contribution in [0, 0.1) is 0 Å². The van der Waals surface area contributed by atoms with E-state index in [2.05, 4.69) is 26.2 Å². The summed E-state index contributed by atoms with van der Waals surface area (Å²) in [5.41, 5.74) is 0. The molecule has 1 heterocycles. The van der Waals surface area contributed by atoms with Crippen LogP contribution in [0.4, 0.5) is 0 Å². The molecule has 0 radical (unpaired) electrons. The summed E-state index contributed by atoms with van der Waals surface area (Å²) < 4.78 is 0. The van der Waals surface area contributed by atoms with Crippen LogP contribution in [0.15, 0.2) is 0 Å². The SMILES string of the molecule is CC(=O)NCCN1CCNCCNCCNCC1. The summed E-state index contributed by atoms with van der Waals surface area (Å²) in [6, 6.07) is 0. The number of carbonyl (C=O) groups excluding carboxylic acids is 1. The van der Waals surface area contributed by atoms with E-state index in [-0.39, 0.29) is 5.91 Å². The predicted molar refractivity (Wildman–Crippen MR) is 73.7 cm³/mol. The quantitative estimate of drug-likeness (QED) is 0.481. The van der Waals surface area contributed by atoms with Crippen LogP contribution in [0.3, 0.4) is 0 Å². The minimum absolute atomic E-state index is 0.0479. The first-order chi connectivity index (χ1) is 8.79. The van der Waals surface area contributed by atoms with Gasteiger partial charge in [0.1, 0.15) is 0 Å². The fourth-order valence-electron chi connectivity index (χ4n) is 1.93. The molecule has 1 aliphatic rings. The lowest BCUT2D eigenvalue weighted by atomic mass is 10.4. The van der Waals surface area contributed by atoms with Gasteiger partial charge in [-0.05, 0) is 0 Å². The third kappa shape index (κ3) is 8.41. The van der Waals surface area contributed by atoms with Crippen molar-refractivity contribution in [1.29, 1.82) is 0 Å².